The van der Waals surface area contributed by atoms with Gasteiger partial charge in [0, 0.05) is 22.1 Å². The van der Waals surface area contributed by atoms with Gasteiger partial charge in [-0.25, -0.2) is 9.97 Å². The molecular weight excluding hydrogens is 460 g/mol. The summed E-state index contributed by atoms with van der Waals surface area (Å²) in [5.41, 5.74) is 11.5. The summed E-state index contributed by atoms with van der Waals surface area (Å²) in [7, 11) is 0. The highest BCUT2D eigenvalue weighted by molar-refractivity contribution is 6.20. The highest BCUT2D eigenvalue weighted by Gasteiger charge is 2.28. The summed E-state index contributed by atoms with van der Waals surface area (Å²) >= 11 is 0. The van der Waals surface area contributed by atoms with Gasteiger partial charge in [-0.05, 0) is 50.7 Å². The summed E-state index contributed by atoms with van der Waals surface area (Å²) in [5, 5.41) is 3.62. The second-order valence-corrected chi connectivity index (χ2v) is 9.76. The molecular formula is C36H22N2. The highest BCUT2D eigenvalue weighted by Crippen LogP contribution is 2.54. The maximum absolute atomic E-state index is 5.24. The van der Waals surface area contributed by atoms with Gasteiger partial charge in [0.05, 0.1) is 11.2 Å². The first kappa shape index (κ1) is 21.0. The van der Waals surface area contributed by atoms with Crippen LogP contribution in [-0.2, 0) is 0 Å². The van der Waals surface area contributed by atoms with Crippen molar-refractivity contribution < 1.29 is 0 Å². The lowest BCUT2D eigenvalue weighted by molar-refractivity contribution is 1.23. The van der Waals surface area contributed by atoms with Gasteiger partial charge in [-0.3, -0.25) is 0 Å². The summed E-state index contributed by atoms with van der Waals surface area (Å²) in [5.74, 6) is 0.753. The first-order chi connectivity index (χ1) is 18.9. The van der Waals surface area contributed by atoms with Crippen LogP contribution in [0, 0.1) is 0 Å². The lowest BCUT2D eigenvalue weighted by Crippen LogP contribution is -1.97. The summed E-state index contributed by atoms with van der Waals surface area (Å²) in [6.07, 6.45) is 0. The van der Waals surface area contributed by atoms with Crippen molar-refractivity contribution in [1.29, 1.82) is 0 Å². The normalized spacial score (nSPS) is 11.7. The zero-order chi connectivity index (χ0) is 25.1. The second kappa shape index (κ2) is 8.22. The molecule has 1 aliphatic carbocycles. The number of fused-ring (bicyclic) bond motifs is 4. The van der Waals surface area contributed by atoms with E-state index in [0.717, 1.165) is 33.5 Å². The summed E-state index contributed by atoms with van der Waals surface area (Å²) < 4.78 is 0. The third-order valence-corrected chi connectivity index (χ3v) is 7.62. The Morgan fingerprint density at radius 2 is 1.00 bits per heavy atom. The Kier molecular flexibility index (Phi) is 4.55. The fraction of sp³-hybridized carbons (Fsp3) is 0. The molecule has 2 nitrogen and oxygen atoms in total. The number of benzene rings is 6. The molecule has 0 spiro atoms. The minimum Gasteiger partial charge on any atom is -0.228 e. The largest absolute Gasteiger partial charge is 0.228 e. The van der Waals surface area contributed by atoms with E-state index >= 15 is 0 Å². The third-order valence-electron chi connectivity index (χ3n) is 7.62. The van der Waals surface area contributed by atoms with E-state index in [9.17, 15) is 0 Å². The second-order valence-electron chi connectivity index (χ2n) is 9.76. The van der Waals surface area contributed by atoms with Crippen molar-refractivity contribution in [2.24, 2.45) is 0 Å². The Morgan fingerprint density at radius 3 is 1.74 bits per heavy atom. The van der Waals surface area contributed by atoms with E-state index in [2.05, 4.69) is 121 Å². The van der Waals surface area contributed by atoms with Crippen molar-refractivity contribution in [2.45, 2.75) is 0 Å². The van der Waals surface area contributed by atoms with E-state index < -0.39 is 0 Å². The van der Waals surface area contributed by atoms with E-state index in [1.165, 1.54) is 44.2 Å². The Labute approximate surface area is 220 Å². The van der Waals surface area contributed by atoms with Crippen LogP contribution in [0.5, 0.6) is 0 Å². The van der Waals surface area contributed by atoms with E-state index in [0.29, 0.717) is 0 Å². The monoisotopic (exact) mass is 482 g/mol. The molecule has 1 aliphatic rings. The van der Waals surface area contributed by atoms with E-state index in [4.69, 9.17) is 9.97 Å². The Hall–Kier alpha value is -5.08. The molecule has 1 heterocycles. The molecule has 0 saturated carbocycles. The average Bonchev–Trinajstić information content (AvgIpc) is 3.33. The molecule has 8 rings (SSSR count). The average molecular weight is 483 g/mol. The number of aromatic nitrogens is 2. The van der Waals surface area contributed by atoms with Gasteiger partial charge in [0.15, 0.2) is 5.82 Å². The molecule has 0 saturated heterocycles. The van der Waals surface area contributed by atoms with E-state index in [1.807, 2.05) is 12.1 Å². The van der Waals surface area contributed by atoms with Gasteiger partial charge in [0.2, 0.25) is 0 Å². The molecule has 0 fully saturated rings. The van der Waals surface area contributed by atoms with Crippen LogP contribution in [0.25, 0.3) is 77.7 Å². The number of para-hydroxylation sites is 1. The number of hydrogen-bond acceptors (Lipinski definition) is 2. The van der Waals surface area contributed by atoms with Gasteiger partial charge in [0.25, 0.3) is 0 Å². The molecule has 0 bridgehead atoms. The minimum atomic E-state index is 0.753. The van der Waals surface area contributed by atoms with Gasteiger partial charge in [0.1, 0.15) is 0 Å². The molecule has 0 amide bonds. The molecule has 1 aromatic heterocycles. The van der Waals surface area contributed by atoms with Crippen LogP contribution in [0.4, 0.5) is 0 Å². The highest BCUT2D eigenvalue weighted by atomic mass is 14.9. The third kappa shape index (κ3) is 3.07. The van der Waals surface area contributed by atoms with E-state index in [-0.39, 0.29) is 0 Å². The standard InChI is InChI=1S/C36H22N2/c1-3-11-23(12-4-1)26-21-22-30(34-29-19-10-16-24-15-9-18-28(32(24)29)33(26)34)36-37-31-20-8-7-17-27(31)35(38-36)25-13-5-2-6-14-25/h1-22H. The van der Waals surface area contributed by atoms with Crippen LogP contribution in [-0.4, -0.2) is 9.97 Å². The van der Waals surface area contributed by atoms with Crippen LogP contribution in [0.2, 0.25) is 0 Å². The van der Waals surface area contributed by atoms with E-state index in [1.54, 1.807) is 0 Å². The topological polar surface area (TPSA) is 25.8 Å². The summed E-state index contributed by atoms with van der Waals surface area (Å²) in [6.45, 7) is 0. The molecule has 0 radical (unpaired) electrons. The number of rotatable bonds is 3. The zero-order valence-corrected chi connectivity index (χ0v) is 20.6. The molecule has 7 aromatic rings. The van der Waals surface area contributed by atoms with Crippen molar-refractivity contribution in [3.63, 3.8) is 0 Å². The fourth-order valence-electron chi connectivity index (χ4n) is 5.98. The van der Waals surface area contributed by atoms with Crippen molar-refractivity contribution >= 4 is 21.7 Å². The van der Waals surface area contributed by atoms with Gasteiger partial charge >= 0.3 is 0 Å². The van der Waals surface area contributed by atoms with Gasteiger partial charge < -0.3 is 0 Å². The van der Waals surface area contributed by atoms with Crippen LogP contribution in [0.1, 0.15) is 0 Å². The smallest absolute Gasteiger partial charge is 0.161 e. The van der Waals surface area contributed by atoms with Crippen molar-refractivity contribution in [2.75, 3.05) is 0 Å². The molecule has 38 heavy (non-hydrogen) atoms. The Balaban J connectivity index is 1.48. The predicted molar refractivity (Wildman–Crippen MR) is 158 cm³/mol. The van der Waals surface area contributed by atoms with Crippen LogP contribution in [0.3, 0.4) is 0 Å². The van der Waals surface area contributed by atoms with Crippen molar-refractivity contribution in [3.05, 3.63) is 133 Å². The lowest BCUT2D eigenvalue weighted by atomic mass is 9.90. The van der Waals surface area contributed by atoms with Gasteiger partial charge in [-0.1, -0.05) is 121 Å². The summed E-state index contributed by atoms with van der Waals surface area (Å²) in [6, 6.07) is 47.1. The van der Waals surface area contributed by atoms with Crippen molar-refractivity contribution in [3.8, 4) is 56.0 Å². The minimum absolute atomic E-state index is 0.753. The molecule has 0 N–H and O–H groups in total. The molecule has 2 heteroatoms. The first-order valence-corrected chi connectivity index (χ1v) is 12.9. The number of hydrogen-bond donors (Lipinski definition) is 0. The molecule has 0 atom stereocenters. The number of nitrogens with zero attached hydrogens (tertiary/aromatic N) is 2. The van der Waals surface area contributed by atoms with Crippen LogP contribution in [0.15, 0.2) is 133 Å². The first-order valence-electron chi connectivity index (χ1n) is 12.9. The molecule has 176 valence electrons. The van der Waals surface area contributed by atoms with Crippen LogP contribution >= 0.6 is 0 Å². The predicted octanol–water partition coefficient (Wildman–Crippen LogP) is 9.43. The Bertz CT molecular complexity index is 2000. The zero-order valence-electron chi connectivity index (χ0n) is 20.6. The van der Waals surface area contributed by atoms with Gasteiger partial charge in [-0.15, -0.1) is 0 Å². The Morgan fingerprint density at radius 1 is 0.395 bits per heavy atom. The molecule has 0 aliphatic heterocycles. The maximum atomic E-state index is 5.24. The van der Waals surface area contributed by atoms with Crippen molar-refractivity contribution in [1.82, 2.24) is 9.97 Å². The fourth-order valence-corrected chi connectivity index (χ4v) is 5.98. The quantitative estimate of drug-likeness (QED) is 0.251. The lowest BCUT2D eigenvalue weighted by Gasteiger charge is -2.16. The molecule has 6 aromatic carbocycles. The molecule has 0 unspecified atom stereocenters. The summed E-state index contributed by atoms with van der Waals surface area (Å²) in [4.78, 5) is 10.4. The van der Waals surface area contributed by atoms with Gasteiger partial charge in [-0.2, -0.15) is 0 Å². The maximum Gasteiger partial charge on any atom is 0.161 e. The van der Waals surface area contributed by atoms with Crippen LogP contribution < -0.4 is 0 Å². The SMILES string of the molecule is c1ccc(-c2ccc(-c3nc(-c4ccccc4)c4ccccc4n3)c3c2-c2cccc4cccc-3c24)cc1.